The second kappa shape index (κ2) is 9.34. The van der Waals surface area contributed by atoms with E-state index in [1.54, 1.807) is 25.6 Å². The number of hydrogen-bond donors (Lipinski definition) is 2. The van der Waals surface area contributed by atoms with Gasteiger partial charge in [-0.3, -0.25) is 9.59 Å². The van der Waals surface area contributed by atoms with Gasteiger partial charge in [-0.25, -0.2) is 4.98 Å². The Morgan fingerprint density at radius 2 is 1.81 bits per heavy atom. The number of anilines is 1. The van der Waals surface area contributed by atoms with E-state index in [0.29, 0.717) is 11.2 Å². The molecule has 0 aliphatic carbocycles. The van der Waals surface area contributed by atoms with E-state index in [0.717, 1.165) is 22.4 Å². The van der Waals surface area contributed by atoms with E-state index < -0.39 is 5.97 Å². The smallest absolute Gasteiger partial charge is 0.305 e. The normalized spacial score (nSPS) is 11.8. The number of carboxylic acid groups (broad SMARTS) is 1. The summed E-state index contributed by atoms with van der Waals surface area (Å²) in [4.78, 5) is 28.4. The van der Waals surface area contributed by atoms with Crippen molar-refractivity contribution in [3.05, 3.63) is 90.3 Å². The third kappa shape index (κ3) is 4.78. The van der Waals surface area contributed by atoms with Gasteiger partial charge in [0.15, 0.2) is 0 Å². The van der Waals surface area contributed by atoms with Gasteiger partial charge >= 0.3 is 5.97 Å². The molecule has 0 radical (unpaired) electrons. The number of carbonyl (C=O) groups is 2. The lowest BCUT2D eigenvalue weighted by Gasteiger charge is -2.18. The second-order valence-corrected chi connectivity index (χ2v) is 7.45. The van der Waals surface area contributed by atoms with Crippen LogP contribution in [0.2, 0.25) is 0 Å². The van der Waals surface area contributed by atoms with E-state index in [1.807, 2.05) is 65.2 Å². The van der Waals surface area contributed by atoms with Crippen LogP contribution < -0.4 is 10.1 Å². The predicted octanol–water partition coefficient (Wildman–Crippen LogP) is 4.29. The Labute approximate surface area is 185 Å². The fraction of sp³-hybridized carbons (Fsp3) is 0.160. The maximum atomic E-state index is 12.5. The van der Waals surface area contributed by atoms with Gasteiger partial charge < -0.3 is 19.7 Å². The number of fused-ring (bicyclic) bond motifs is 1. The summed E-state index contributed by atoms with van der Waals surface area (Å²) in [6.07, 6.45) is 1.83. The van der Waals surface area contributed by atoms with Crippen LogP contribution in [0.1, 0.15) is 23.6 Å². The molecule has 4 rings (SSSR count). The van der Waals surface area contributed by atoms with E-state index in [2.05, 4.69) is 10.3 Å². The zero-order chi connectivity index (χ0) is 22.5. The lowest BCUT2D eigenvalue weighted by Crippen LogP contribution is -2.15. The van der Waals surface area contributed by atoms with Crippen molar-refractivity contribution in [3.8, 4) is 5.75 Å². The van der Waals surface area contributed by atoms with Gasteiger partial charge in [-0.05, 0) is 41.5 Å². The van der Waals surface area contributed by atoms with Gasteiger partial charge in [-0.15, -0.1) is 0 Å². The van der Waals surface area contributed by atoms with Crippen LogP contribution in [-0.2, 0) is 16.0 Å². The van der Waals surface area contributed by atoms with Gasteiger partial charge in [-0.1, -0.05) is 42.5 Å². The van der Waals surface area contributed by atoms with Gasteiger partial charge in [0.2, 0.25) is 5.91 Å². The molecule has 0 saturated heterocycles. The van der Waals surface area contributed by atoms with Gasteiger partial charge in [0, 0.05) is 5.69 Å². The third-order valence-corrected chi connectivity index (χ3v) is 5.27. The molecule has 0 fully saturated rings. The van der Waals surface area contributed by atoms with Crippen molar-refractivity contribution >= 4 is 28.6 Å². The largest absolute Gasteiger partial charge is 0.497 e. The number of aliphatic carboxylic acids is 1. The molecule has 3 aromatic carbocycles. The van der Waals surface area contributed by atoms with Crippen LogP contribution in [0.25, 0.3) is 11.0 Å². The summed E-state index contributed by atoms with van der Waals surface area (Å²) in [5.41, 5.74) is 3.89. The molecule has 2 N–H and O–H groups in total. The number of methoxy groups -OCH3 is 1. The highest BCUT2D eigenvalue weighted by atomic mass is 16.5. The number of imidazole rings is 1. The fourth-order valence-corrected chi connectivity index (χ4v) is 3.71. The topological polar surface area (TPSA) is 93.5 Å². The molecule has 0 bridgehead atoms. The zero-order valence-corrected chi connectivity index (χ0v) is 17.6. The van der Waals surface area contributed by atoms with Crippen molar-refractivity contribution in [2.75, 3.05) is 12.4 Å². The summed E-state index contributed by atoms with van der Waals surface area (Å²) in [7, 11) is 1.60. The Balaban J connectivity index is 1.54. The van der Waals surface area contributed by atoms with Crippen molar-refractivity contribution in [1.82, 2.24) is 9.55 Å². The molecular formula is C25H23N3O4. The Hall–Kier alpha value is -4.13. The molecule has 1 atom stereocenters. The number of ether oxygens (including phenoxy) is 1. The van der Waals surface area contributed by atoms with Gasteiger partial charge in [0.25, 0.3) is 0 Å². The summed E-state index contributed by atoms with van der Waals surface area (Å²) >= 11 is 0. The van der Waals surface area contributed by atoms with Gasteiger partial charge in [0.1, 0.15) is 5.75 Å². The lowest BCUT2D eigenvalue weighted by molar-refractivity contribution is -0.137. The Morgan fingerprint density at radius 1 is 1.06 bits per heavy atom. The number of benzene rings is 3. The average molecular weight is 429 g/mol. The lowest BCUT2D eigenvalue weighted by atomic mass is 10.0. The van der Waals surface area contributed by atoms with E-state index in [-0.39, 0.29) is 24.8 Å². The number of amides is 1. The number of hydrogen-bond acceptors (Lipinski definition) is 4. The van der Waals surface area contributed by atoms with Crippen molar-refractivity contribution in [3.63, 3.8) is 0 Å². The van der Waals surface area contributed by atoms with Crippen LogP contribution >= 0.6 is 0 Å². The molecule has 1 amide bonds. The molecule has 7 heteroatoms. The van der Waals surface area contributed by atoms with Crippen LogP contribution in [0.3, 0.4) is 0 Å². The highest BCUT2D eigenvalue weighted by Gasteiger charge is 2.20. The highest BCUT2D eigenvalue weighted by Crippen LogP contribution is 2.28. The first-order chi connectivity index (χ1) is 15.5. The summed E-state index contributed by atoms with van der Waals surface area (Å²) in [5, 5.41) is 12.3. The minimum Gasteiger partial charge on any atom is -0.497 e. The first-order valence-electron chi connectivity index (χ1n) is 10.2. The number of carbonyl (C=O) groups excluding carboxylic acids is 1. The number of nitrogens with one attached hydrogen (secondary N) is 1. The molecule has 7 nitrogen and oxygen atoms in total. The Kier molecular flexibility index (Phi) is 6.17. The number of rotatable bonds is 8. The van der Waals surface area contributed by atoms with E-state index >= 15 is 0 Å². The maximum Gasteiger partial charge on any atom is 0.305 e. The Bertz CT molecular complexity index is 1230. The first kappa shape index (κ1) is 21.1. The molecule has 162 valence electrons. The number of aromatic nitrogens is 2. The number of carboxylic acids is 1. The molecule has 0 spiro atoms. The average Bonchev–Trinajstić information content (AvgIpc) is 3.21. The molecular weight excluding hydrogens is 406 g/mol. The molecule has 32 heavy (non-hydrogen) atoms. The molecule has 1 unspecified atom stereocenters. The van der Waals surface area contributed by atoms with Crippen LogP contribution in [0.15, 0.2) is 79.1 Å². The van der Waals surface area contributed by atoms with Crippen LogP contribution in [-0.4, -0.2) is 33.6 Å². The van der Waals surface area contributed by atoms with Crippen LogP contribution in [0.4, 0.5) is 5.69 Å². The first-order valence-corrected chi connectivity index (χ1v) is 10.2. The molecule has 1 heterocycles. The van der Waals surface area contributed by atoms with Crippen molar-refractivity contribution in [1.29, 1.82) is 0 Å². The van der Waals surface area contributed by atoms with Gasteiger partial charge in [-0.2, -0.15) is 0 Å². The molecule has 1 aromatic heterocycles. The highest BCUT2D eigenvalue weighted by molar-refractivity contribution is 5.94. The number of nitrogens with zero attached hydrogens (tertiary/aromatic N) is 2. The maximum absolute atomic E-state index is 12.5. The molecule has 4 aromatic rings. The standard InChI is InChI=1S/C25H23N3O4/c1-32-20-10-7-17(8-11-20)13-24(29)27-19-9-12-22-21(14-19)26-16-28(22)23(15-25(30)31)18-5-3-2-4-6-18/h2-12,14,16,23H,13,15H2,1H3,(H,27,29)(H,30,31). The minimum absolute atomic E-state index is 0.0597. The van der Waals surface area contributed by atoms with E-state index in [1.165, 1.54) is 0 Å². The zero-order valence-electron chi connectivity index (χ0n) is 17.6. The summed E-state index contributed by atoms with van der Waals surface area (Å²) in [6, 6.07) is 21.9. The minimum atomic E-state index is -0.886. The molecule has 0 saturated carbocycles. The third-order valence-electron chi connectivity index (χ3n) is 5.27. The van der Waals surface area contributed by atoms with E-state index in [9.17, 15) is 14.7 Å². The summed E-state index contributed by atoms with van der Waals surface area (Å²) in [5.74, 6) is -0.281. The second-order valence-electron chi connectivity index (χ2n) is 7.45. The van der Waals surface area contributed by atoms with Crippen molar-refractivity contribution < 1.29 is 19.4 Å². The quantitative estimate of drug-likeness (QED) is 0.436. The van der Waals surface area contributed by atoms with Crippen LogP contribution in [0.5, 0.6) is 5.75 Å². The SMILES string of the molecule is COc1ccc(CC(=O)Nc2ccc3c(c2)ncn3C(CC(=O)O)c2ccccc2)cc1. The van der Waals surface area contributed by atoms with Crippen molar-refractivity contribution in [2.45, 2.75) is 18.9 Å². The molecule has 0 aliphatic rings. The fourth-order valence-electron chi connectivity index (χ4n) is 3.71. The van der Waals surface area contributed by atoms with Crippen LogP contribution in [0, 0.1) is 0 Å². The van der Waals surface area contributed by atoms with Crippen molar-refractivity contribution in [2.24, 2.45) is 0 Å². The molecule has 0 aliphatic heterocycles. The van der Waals surface area contributed by atoms with E-state index in [4.69, 9.17) is 4.74 Å². The summed E-state index contributed by atoms with van der Waals surface area (Å²) in [6.45, 7) is 0. The van der Waals surface area contributed by atoms with Gasteiger partial charge in [0.05, 0.1) is 43.4 Å². The Morgan fingerprint density at radius 3 is 2.50 bits per heavy atom. The predicted molar refractivity (Wildman–Crippen MR) is 122 cm³/mol. The monoisotopic (exact) mass is 429 g/mol. The summed E-state index contributed by atoms with van der Waals surface area (Å²) < 4.78 is 7.00.